The number of imide groups is 2. The largest absolute Gasteiger partial charge is 0.445 e. The first kappa shape index (κ1) is 39.4. The van der Waals surface area contributed by atoms with E-state index in [0.717, 1.165) is 68.1 Å². The summed E-state index contributed by atoms with van der Waals surface area (Å²) in [6, 6.07) is 11.2. The van der Waals surface area contributed by atoms with E-state index in [2.05, 4.69) is 15.5 Å². The summed E-state index contributed by atoms with van der Waals surface area (Å²) in [5.41, 5.74) is 1.35. The highest BCUT2D eigenvalue weighted by atomic mass is 32.2. The highest BCUT2D eigenvalue weighted by molar-refractivity contribution is 7.89. The smallest absolute Gasteiger partial charge is 0.407 e. The Morgan fingerprint density at radius 3 is 2.12 bits per heavy atom. The van der Waals surface area contributed by atoms with E-state index in [-0.39, 0.29) is 47.7 Å². The van der Waals surface area contributed by atoms with Crippen LogP contribution in [-0.2, 0) is 31.0 Å². The molecule has 0 bridgehead atoms. The third-order valence-corrected chi connectivity index (χ3v) is 15.8. The Balaban J connectivity index is 0.777. The Labute approximate surface area is 332 Å². The molecule has 2 N–H and O–H groups in total. The molecule has 2 aromatic rings. The summed E-state index contributed by atoms with van der Waals surface area (Å²) in [6.07, 6.45) is 7.81. The number of hydrogen-bond donors (Lipinski definition) is 2. The number of halogens is 1. The number of likely N-dealkylation sites (tertiary alicyclic amines) is 1. The molecule has 1 aliphatic carbocycles. The number of sulfonamides is 1. The number of ether oxygens (including phenoxy) is 1. The van der Waals surface area contributed by atoms with Crippen molar-refractivity contribution in [3.8, 4) is 0 Å². The quantitative estimate of drug-likeness (QED) is 0.374. The van der Waals surface area contributed by atoms with Gasteiger partial charge < -0.3 is 19.9 Å². The number of alkyl carbamates (subject to hydrolysis) is 1. The molecule has 2 aromatic carbocycles. The maximum Gasteiger partial charge on any atom is 0.407 e. The molecule has 1 saturated carbocycles. The van der Waals surface area contributed by atoms with Gasteiger partial charge in [-0.05, 0) is 107 Å². The van der Waals surface area contributed by atoms with Crippen molar-refractivity contribution in [2.75, 3.05) is 44.2 Å². The minimum Gasteiger partial charge on any atom is -0.445 e. The second-order valence-corrected chi connectivity index (χ2v) is 18.9. The number of carbonyl (C=O) groups is 5. The molecule has 57 heavy (non-hydrogen) atoms. The normalized spacial score (nSPS) is 24.5. The number of hydrogen-bond acceptors (Lipinski definition) is 10. The van der Waals surface area contributed by atoms with Crippen molar-refractivity contribution in [1.82, 2.24) is 24.7 Å². The van der Waals surface area contributed by atoms with Gasteiger partial charge in [-0.25, -0.2) is 21.9 Å². The Kier molecular flexibility index (Phi) is 11.1. The fourth-order valence-corrected chi connectivity index (χ4v) is 11.9. The molecule has 5 aliphatic heterocycles. The molecule has 0 aromatic heterocycles. The number of nitrogens with one attached hydrogen (secondary N) is 2. The van der Waals surface area contributed by atoms with Gasteiger partial charge in [-0.1, -0.05) is 30.3 Å². The van der Waals surface area contributed by atoms with Gasteiger partial charge in [-0.15, -0.1) is 0 Å². The highest BCUT2D eigenvalue weighted by Crippen LogP contribution is 2.47. The Morgan fingerprint density at radius 1 is 0.825 bits per heavy atom. The number of benzene rings is 2. The van der Waals surface area contributed by atoms with Crippen molar-refractivity contribution < 1.29 is 41.5 Å². The lowest BCUT2D eigenvalue weighted by Crippen LogP contribution is -2.54. The topological polar surface area (TPSA) is 166 Å². The zero-order valence-corrected chi connectivity index (χ0v) is 32.9. The standard InChI is InChI=1S/C41H51FN6O8S/c42-33-24-31-32(39(52)48(38(31)51)34-6-7-36(49)44-37(34)50)25-35(33)46-22-16-41(17-23-46)14-8-29(9-15-41)45-18-12-30(13-19-45)57(54,55)47-20-10-28(11-21-47)43-40(53)56-26-27-4-2-1-3-5-27/h1-5,24-25,28-30,34H,6-23,26H2,(H,43,53)(H,44,49,50). The summed E-state index contributed by atoms with van der Waals surface area (Å²) in [5, 5.41) is 4.67. The van der Waals surface area contributed by atoms with Gasteiger partial charge in [0.1, 0.15) is 18.5 Å². The number of anilines is 1. The number of nitrogens with zero attached hydrogens (tertiary/aromatic N) is 4. The predicted octanol–water partition coefficient (Wildman–Crippen LogP) is 3.94. The van der Waals surface area contributed by atoms with Crippen LogP contribution in [0.25, 0.3) is 0 Å². The van der Waals surface area contributed by atoms with Crippen molar-refractivity contribution in [2.24, 2.45) is 5.41 Å². The molecule has 1 unspecified atom stereocenters. The fourth-order valence-electron chi connectivity index (χ4n) is 9.96. The maximum absolute atomic E-state index is 15.5. The molecule has 1 spiro atoms. The summed E-state index contributed by atoms with van der Waals surface area (Å²) >= 11 is 0. The van der Waals surface area contributed by atoms with E-state index in [1.165, 1.54) is 6.07 Å². The van der Waals surface area contributed by atoms with Crippen molar-refractivity contribution in [3.05, 3.63) is 65.0 Å². The molecule has 306 valence electrons. The summed E-state index contributed by atoms with van der Waals surface area (Å²) < 4.78 is 49.8. The van der Waals surface area contributed by atoms with Crippen LogP contribution in [-0.4, -0.2) is 115 Å². The fraction of sp³-hybridized carbons (Fsp3) is 0.585. The van der Waals surface area contributed by atoms with Crippen LogP contribution in [0.1, 0.15) is 103 Å². The van der Waals surface area contributed by atoms with Gasteiger partial charge >= 0.3 is 6.09 Å². The first-order valence-electron chi connectivity index (χ1n) is 20.4. The van der Waals surface area contributed by atoms with Crippen molar-refractivity contribution >= 4 is 45.4 Å². The minimum atomic E-state index is -3.45. The summed E-state index contributed by atoms with van der Waals surface area (Å²) in [4.78, 5) is 68.2. The van der Waals surface area contributed by atoms with E-state index in [1.54, 1.807) is 4.31 Å². The zero-order valence-electron chi connectivity index (χ0n) is 32.1. The molecular formula is C41H51FN6O8S. The van der Waals surface area contributed by atoms with Crippen LogP contribution in [0.2, 0.25) is 0 Å². The Bertz CT molecular complexity index is 2000. The van der Waals surface area contributed by atoms with Crippen molar-refractivity contribution in [1.29, 1.82) is 0 Å². The van der Waals surface area contributed by atoms with Crippen LogP contribution in [0.15, 0.2) is 42.5 Å². The van der Waals surface area contributed by atoms with E-state index in [1.807, 2.05) is 35.2 Å². The average molecular weight is 807 g/mol. The molecule has 14 nitrogen and oxygen atoms in total. The van der Waals surface area contributed by atoms with Gasteiger partial charge in [0.2, 0.25) is 21.8 Å². The Morgan fingerprint density at radius 2 is 1.47 bits per heavy atom. The van der Waals surface area contributed by atoms with Crippen LogP contribution in [0.3, 0.4) is 0 Å². The SMILES string of the molecule is O=C1CCC(N2C(=O)c3cc(F)c(N4CCC5(CCC(N6CCC(S(=O)(=O)N7CCC(NC(=O)OCc8ccccc8)CC7)CC6)CC5)CC4)cc3C2=O)C(=O)N1. The van der Waals surface area contributed by atoms with E-state index in [4.69, 9.17) is 4.74 Å². The van der Waals surface area contributed by atoms with Gasteiger partial charge in [-0.2, -0.15) is 0 Å². The molecule has 5 fully saturated rings. The van der Waals surface area contributed by atoms with Crippen LogP contribution in [0.5, 0.6) is 0 Å². The van der Waals surface area contributed by atoms with Crippen LogP contribution in [0, 0.1) is 11.2 Å². The summed E-state index contributed by atoms with van der Waals surface area (Å²) in [7, 11) is -3.45. The molecule has 5 heterocycles. The van der Waals surface area contributed by atoms with Crippen molar-refractivity contribution in [2.45, 2.75) is 107 Å². The van der Waals surface area contributed by atoms with Gasteiger partial charge in [0.15, 0.2) is 0 Å². The second kappa shape index (κ2) is 16.1. The maximum atomic E-state index is 15.5. The van der Waals surface area contributed by atoms with E-state index >= 15 is 4.39 Å². The van der Waals surface area contributed by atoms with E-state index in [0.29, 0.717) is 57.9 Å². The monoisotopic (exact) mass is 806 g/mol. The molecule has 4 saturated heterocycles. The number of amides is 5. The van der Waals surface area contributed by atoms with Crippen molar-refractivity contribution in [3.63, 3.8) is 0 Å². The zero-order chi connectivity index (χ0) is 39.9. The third-order valence-electron chi connectivity index (χ3n) is 13.5. The lowest BCUT2D eigenvalue weighted by molar-refractivity contribution is -0.136. The second-order valence-electron chi connectivity index (χ2n) is 16.7. The number of piperidine rings is 4. The number of fused-ring (bicyclic) bond motifs is 1. The average Bonchev–Trinajstić information content (AvgIpc) is 3.45. The van der Waals surface area contributed by atoms with Crippen LogP contribution in [0.4, 0.5) is 14.9 Å². The molecule has 6 aliphatic rings. The Hall–Kier alpha value is -4.41. The van der Waals surface area contributed by atoms with Gasteiger partial charge in [0.25, 0.3) is 11.8 Å². The van der Waals surface area contributed by atoms with Crippen LogP contribution >= 0.6 is 0 Å². The predicted molar refractivity (Wildman–Crippen MR) is 207 cm³/mol. The lowest BCUT2D eigenvalue weighted by Gasteiger charge is -2.49. The van der Waals surface area contributed by atoms with Gasteiger partial charge in [0, 0.05) is 44.7 Å². The molecule has 8 rings (SSSR count). The van der Waals surface area contributed by atoms with Gasteiger partial charge in [-0.3, -0.25) is 29.4 Å². The van der Waals surface area contributed by atoms with Crippen LogP contribution < -0.4 is 15.5 Å². The molecule has 1 atom stereocenters. The molecule has 5 amide bonds. The summed E-state index contributed by atoms with van der Waals surface area (Å²) in [6.45, 7) is 3.69. The van der Waals surface area contributed by atoms with E-state index < -0.39 is 56.9 Å². The molecule has 0 radical (unpaired) electrons. The summed E-state index contributed by atoms with van der Waals surface area (Å²) in [5.74, 6) is -3.10. The number of rotatable bonds is 8. The van der Waals surface area contributed by atoms with E-state index in [9.17, 15) is 32.4 Å². The van der Waals surface area contributed by atoms with Gasteiger partial charge in [0.05, 0.1) is 22.1 Å². The highest BCUT2D eigenvalue weighted by Gasteiger charge is 2.46. The molecule has 16 heteroatoms. The molecular weight excluding hydrogens is 756 g/mol. The first-order chi connectivity index (χ1) is 27.4. The first-order valence-corrected chi connectivity index (χ1v) is 21.9. The number of carbonyl (C=O) groups excluding carboxylic acids is 5. The third kappa shape index (κ3) is 8.04. The minimum absolute atomic E-state index is 0.0145. The lowest BCUT2D eigenvalue weighted by atomic mass is 9.66.